The molecule has 2 amide bonds. The van der Waals surface area contributed by atoms with Gasteiger partial charge < -0.3 is 10.6 Å². The lowest BCUT2D eigenvalue weighted by Crippen LogP contribution is -2.14. The molecule has 0 atom stereocenters. The predicted molar refractivity (Wildman–Crippen MR) is 115 cm³/mol. The zero-order valence-electron chi connectivity index (χ0n) is 15.8. The Kier molecular flexibility index (Phi) is 5.03. The molecular weight excluding hydrogens is 362 g/mol. The van der Waals surface area contributed by atoms with Crippen LogP contribution in [-0.2, 0) is 0 Å². The molecule has 0 unspecified atom stereocenters. The molecule has 0 aliphatic carbocycles. The van der Waals surface area contributed by atoms with Crippen LogP contribution < -0.4 is 10.6 Å². The van der Waals surface area contributed by atoms with E-state index in [2.05, 4.69) is 15.6 Å². The van der Waals surface area contributed by atoms with Crippen molar-refractivity contribution >= 4 is 34.1 Å². The highest BCUT2D eigenvalue weighted by Crippen LogP contribution is 2.21. The van der Waals surface area contributed by atoms with Crippen LogP contribution in [0.15, 0.2) is 85.1 Å². The summed E-state index contributed by atoms with van der Waals surface area (Å²) in [5, 5.41) is 6.71. The Hall–Kier alpha value is -3.99. The van der Waals surface area contributed by atoms with Gasteiger partial charge in [-0.25, -0.2) is 0 Å². The van der Waals surface area contributed by atoms with E-state index >= 15 is 0 Å². The number of fused-ring (bicyclic) bond motifs is 1. The third-order valence-corrected chi connectivity index (χ3v) is 4.57. The van der Waals surface area contributed by atoms with Crippen molar-refractivity contribution in [3.8, 4) is 0 Å². The number of aromatic nitrogens is 1. The Balaban J connectivity index is 1.47. The first kappa shape index (κ1) is 18.4. The highest BCUT2D eigenvalue weighted by atomic mass is 16.2. The van der Waals surface area contributed by atoms with E-state index < -0.39 is 0 Å². The number of anilines is 2. The Morgan fingerprint density at radius 3 is 2.28 bits per heavy atom. The fourth-order valence-corrected chi connectivity index (χ4v) is 3.09. The SMILES string of the molecule is Cc1cccc(C(=O)Nc2ccc(C(=O)Nc3cccc4cccnc34)cc2)c1. The number of hydrogen-bond donors (Lipinski definition) is 2. The normalized spacial score (nSPS) is 10.5. The van der Waals surface area contributed by atoms with Gasteiger partial charge >= 0.3 is 0 Å². The van der Waals surface area contributed by atoms with Crippen molar-refractivity contribution in [1.82, 2.24) is 4.98 Å². The maximum Gasteiger partial charge on any atom is 0.255 e. The lowest BCUT2D eigenvalue weighted by Gasteiger charge is -2.09. The monoisotopic (exact) mass is 381 g/mol. The van der Waals surface area contributed by atoms with Gasteiger partial charge in [0.25, 0.3) is 11.8 Å². The van der Waals surface area contributed by atoms with Crippen LogP contribution >= 0.6 is 0 Å². The van der Waals surface area contributed by atoms with Crippen molar-refractivity contribution in [3.05, 3.63) is 102 Å². The van der Waals surface area contributed by atoms with E-state index in [9.17, 15) is 9.59 Å². The van der Waals surface area contributed by atoms with Crippen molar-refractivity contribution in [2.45, 2.75) is 6.92 Å². The van der Waals surface area contributed by atoms with Crippen LogP contribution in [0.2, 0.25) is 0 Å². The summed E-state index contributed by atoms with van der Waals surface area (Å²) in [7, 11) is 0. The van der Waals surface area contributed by atoms with Crippen LogP contribution in [0.25, 0.3) is 10.9 Å². The summed E-state index contributed by atoms with van der Waals surface area (Å²) in [6.45, 7) is 1.94. The van der Waals surface area contributed by atoms with Gasteiger partial charge in [-0.1, -0.05) is 35.9 Å². The molecule has 5 heteroatoms. The van der Waals surface area contributed by atoms with Crippen molar-refractivity contribution < 1.29 is 9.59 Å². The number of carbonyl (C=O) groups excluding carboxylic acids is 2. The van der Waals surface area contributed by atoms with Crippen molar-refractivity contribution in [3.63, 3.8) is 0 Å². The molecule has 0 spiro atoms. The summed E-state index contributed by atoms with van der Waals surface area (Å²) < 4.78 is 0. The molecule has 2 N–H and O–H groups in total. The molecule has 142 valence electrons. The van der Waals surface area contributed by atoms with Gasteiger partial charge in [0.05, 0.1) is 11.2 Å². The number of benzene rings is 3. The molecule has 0 radical (unpaired) electrons. The third-order valence-electron chi connectivity index (χ3n) is 4.57. The van der Waals surface area contributed by atoms with E-state index in [-0.39, 0.29) is 11.8 Å². The lowest BCUT2D eigenvalue weighted by atomic mass is 10.1. The smallest absolute Gasteiger partial charge is 0.255 e. The molecule has 5 nitrogen and oxygen atoms in total. The van der Waals surface area contributed by atoms with Gasteiger partial charge in [-0.3, -0.25) is 14.6 Å². The summed E-state index contributed by atoms with van der Waals surface area (Å²) in [5.41, 5.74) is 4.13. The molecule has 1 aromatic heterocycles. The quantitative estimate of drug-likeness (QED) is 0.520. The second-order valence-electron chi connectivity index (χ2n) is 6.74. The number of pyridine rings is 1. The molecule has 4 rings (SSSR count). The fourth-order valence-electron chi connectivity index (χ4n) is 3.09. The molecule has 0 saturated carbocycles. The number of para-hydroxylation sites is 1. The second kappa shape index (κ2) is 7.94. The van der Waals surface area contributed by atoms with Gasteiger partial charge in [0.2, 0.25) is 0 Å². The number of aryl methyl sites for hydroxylation is 1. The van der Waals surface area contributed by atoms with Gasteiger partial charge in [-0.15, -0.1) is 0 Å². The molecule has 0 aliphatic heterocycles. The van der Waals surface area contributed by atoms with Crippen molar-refractivity contribution in [2.75, 3.05) is 10.6 Å². The van der Waals surface area contributed by atoms with E-state index in [1.54, 1.807) is 36.5 Å². The van der Waals surface area contributed by atoms with Gasteiger partial charge in [-0.2, -0.15) is 0 Å². The van der Waals surface area contributed by atoms with Crippen molar-refractivity contribution in [1.29, 1.82) is 0 Å². The zero-order chi connectivity index (χ0) is 20.2. The Morgan fingerprint density at radius 1 is 0.759 bits per heavy atom. The summed E-state index contributed by atoms with van der Waals surface area (Å²) in [5.74, 6) is -0.424. The second-order valence-corrected chi connectivity index (χ2v) is 6.74. The maximum absolute atomic E-state index is 12.6. The molecule has 0 saturated heterocycles. The highest BCUT2D eigenvalue weighted by molar-refractivity contribution is 6.09. The van der Waals surface area contributed by atoms with E-state index in [0.717, 1.165) is 16.5 Å². The minimum Gasteiger partial charge on any atom is -0.322 e. The number of hydrogen-bond acceptors (Lipinski definition) is 3. The maximum atomic E-state index is 12.6. The number of nitrogens with zero attached hydrogens (tertiary/aromatic N) is 1. The summed E-state index contributed by atoms with van der Waals surface area (Å²) in [6.07, 6.45) is 1.70. The Labute approximate surface area is 168 Å². The van der Waals surface area contributed by atoms with Gasteiger partial charge in [-0.05, 0) is 55.5 Å². The summed E-state index contributed by atoms with van der Waals surface area (Å²) in [6, 6.07) is 23.6. The van der Waals surface area contributed by atoms with E-state index in [1.807, 2.05) is 55.5 Å². The Morgan fingerprint density at radius 2 is 1.48 bits per heavy atom. The molecule has 0 aliphatic rings. The average Bonchev–Trinajstić information content (AvgIpc) is 2.74. The first-order chi connectivity index (χ1) is 14.1. The lowest BCUT2D eigenvalue weighted by molar-refractivity contribution is 0.102. The topological polar surface area (TPSA) is 71.1 Å². The number of rotatable bonds is 4. The molecule has 0 fully saturated rings. The summed E-state index contributed by atoms with van der Waals surface area (Å²) >= 11 is 0. The number of amides is 2. The van der Waals surface area contributed by atoms with E-state index in [0.29, 0.717) is 22.5 Å². The van der Waals surface area contributed by atoms with Gasteiger partial charge in [0.1, 0.15) is 0 Å². The largest absolute Gasteiger partial charge is 0.322 e. The first-order valence-corrected chi connectivity index (χ1v) is 9.23. The minimum atomic E-state index is -0.236. The Bertz CT molecular complexity index is 1190. The predicted octanol–water partition coefficient (Wildman–Crippen LogP) is 5.05. The van der Waals surface area contributed by atoms with Crippen LogP contribution in [0.4, 0.5) is 11.4 Å². The van der Waals surface area contributed by atoms with Crippen LogP contribution in [0.3, 0.4) is 0 Å². The van der Waals surface area contributed by atoms with Crippen LogP contribution in [0, 0.1) is 6.92 Å². The average molecular weight is 381 g/mol. The molecule has 0 bridgehead atoms. The molecule has 3 aromatic carbocycles. The first-order valence-electron chi connectivity index (χ1n) is 9.23. The van der Waals surface area contributed by atoms with Crippen LogP contribution in [0.1, 0.15) is 26.3 Å². The molecule has 1 heterocycles. The van der Waals surface area contributed by atoms with Gasteiger partial charge in [0.15, 0.2) is 0 Å². The molecule has 29 heavy (non-hydrogen) atoms. The zero-order valence-corrected chi connectivity index (χ0v) is 15.8. The van der Waals surface area contributed by atoms with Crippen LogP contribution in [-0.4, -0.2) is 16.8 Å². The standard InChI is InChI=1S/C24H19N3O2/c1-16-5-2-7-19(15-16)24(29)26-20-12-10-18(11-13-20)23(28)27-21-9-3-6-17-8-4-14-25-22(17)21/h2-15H,1H3,(H,26,29)(H,27,28). The van der Waals surface area contributed by atoms with Crippen molar-refractivity contribution in [2.24, 2.45) is 0 Å². The van der Waals surface area contributed by atoms with E-state index in [1.165, 1.54) is 0 Å². The molecular formula is C24H19N3O2. The highest BCUT2D eigenvalue weighted by Gasteiger charge is 2.10. The van der Waals surface area contributed by atoms with E-state index in [4.69, 9.17) is 0 Å². The fraction of sp³-hybridized carbons (Fsp3) is 0.0417. The summed E-state index contributed by atoms with van der Waals surface area (Å²) in [4.78, 5) is 29.3. The minimum absolute atomic E-state index is 0.187. The number of nitrogens with one attached hydrogen (secondary N) is 2. The number of carbonyl (C=O) groups is 2. The van der Waals surface area contributed by atoms with Crippen LogP contribution in [0.5, 0.6) is 0 Å². The molecule has 4 aromatic rings. The van der Waals surface area contributed by atoms with Gasteiger partial charge in [0, 0.05) is 28.4 Å². The third kappa shape index (κ3) is 4.14.